The number of hydrogen-bond acceptors (Lipinski definition) is 2. The second kappa shape index (κ2) is 7.65. The van der Waals surface area contributed by atoms with E-state index in [1.54, 1.807) is 54.6 Å². The molecule has 0 aliphatic rings. The highest BCUT2D eigenvalue weighted by molar-refractivity contribution is 6.32. The number of halogens is 4. The third-order valence-corrected chi connectivity index (χ3v) is 4.22. The van der Waals surface area contributed by atoms with Gasteiger partial charge in [-0.3, -0.25) is 4.98 Å². The summed E-state index contributed by atoms with van der Waals surface area (Å²) in [5.41, 5.74) is 2.14. The standard InChI is InChI=1S/C21H12ClF3N2/c22-19-4-2-1-3-18(19)16(12-26)11-14-5-7-15(8-6-14)20-10-9-17(13-27-20)21(23,24)25/h1-11,13H. The van der Waals surface area contributed by atoms with Crippen molar-refractivity contribution < 1.29 is 13.2 Å². The van der Waals surface area contributed by atoms with E-state index in [4.69, 9.17) is 11.6 Å². The number of aromatic nitrogens is 1. The van der Waals surface area contributed by atoms with E-state index >= 15 is 0 Å². The first-order chi connectivity index (χ1) is 12.9. The topological polar surface area (TPSA) is 36.7 Å². The molecule has 134 valence electrons. The average molecular weight is 385 g/mol. The predicted molar refractivity (Wildman–Crippen MR) is 99.6 cm³/mol. The SMILES string of the molecule is N#CC(=Cc1ccc(-c2ccc(C(F)(F)F)cn2)cc1)c1ccccc1Cl. The van der Waals surface area contributed by atoms with Crippen LogP contribution >= 0.6 is 11.6 Å². The number of benzene rings is 2. The van der Waals surface area contributed by atoms with Gasteiger partial charge in [-0.2, -0.15) is 18.4 Å². The zero-order chi connectivity index (χ0) is 19.4. The van der Waals surface area contributed by atoms with E-state index in [2.05, 4.69) is 11.1 Å². The summed E-state index contributed by atoms with van der Waals surface area (Å²) in [5.74, 6) is 0. The molecule has 0 aliphatic heterocycles. The lowest BCUT2D eigenvalue weighted by molar-refractivity contribution is -0.137. The maximum atomic E-state index is 12.6. The van der Waals surface area contributed by atoms with Gasteiger partial charge in [-0.1, -0.05) is 54.1 Å². The van der Waals surface area contributed by atoms with E-state index in [-0.39, 0.29) is 0 Å². The van der Waals surface area contributed by atoms with Crippen molar-refractivity contribution in [2.75, 3.05) is 0 Å². The van der Waals surface area contributed by atoms with Crippen molar-refractivity contribution in [1.82, 2.24) is 4.98 Å². The molecule has 0 aliphatic carbocycles. The van der Waals surface area contributed by atoms with Crippen LogP contribution in [-0.4, -0.2) is 4.98 Å². The van der Waals surface area contributed by atoms with Gasteiger partial charge in [-0.25, -0.2) is 0 Å². The molecule has 1 aromatic heterocycles. The Kier molecular flexibility index (Phi) is 5.29. The Morgan fingerprint density at radius 3 is 2.26 bits per heavy atom. The summed E-state index contributed by atoms with van der Waals surface area (Å²) < 4.78 is 37.8. The lowest BCUT2D eigenvalue weighted by Gasteiger charge is -2.07. The Labute approximate surface area is 159 Å². The van der Waals surface area contributed by atoms with Gasteiger partial charge in [0.2, 0.25) is 0 Å². The van der Waals surface area contributed by atoms with Crippen LogP contribution < -0.4 is 0 Å². The van der Waals surface area contributed by atoms with E-state index in [1.165, 1.54) is 6.07 Å². The minimum Gasteiger partial charge on any atom is -0.256 e. The normalized spacial score (nSPS) is 11.9. The van der Waals surface area contributed by atoms with E-state index in [0.29, 0.717) is 27.4 Å². The highest BCUT2D eigenvalue weighted by Gasteiger charge is 2.30. The lowest BCUT2D eigenvalue weighted by Crippen LogP contribution is -2.05. The van der Waals surface area contributed by atoms with Crippen LogP contribution in [0.3, 0.4) is 0 Å². The zero-order valence-electron chi connectivity index (χ0n) is 13.8. The smallest absolute Gasteiger partial charge is 0.256 e. The molecular weight excluding hydrogens is 373 g/mol. The number of pyridine rings is 1. The molecule has 0 amide bonds. The maximum Gasteiger partial charge on any atom is 0.417 e. The molecule has 0 radical (unpaired) electrons. The highest BCUT2D eigenvalue weighted by Crippen LogP contribution is 2.30. The zero-order valence-corrected chi connectivity index (χ0v) is 14.6. The van der Waals surface area contributed by atoms with Crippen LogP contribution in [0.2, 0.25) is 5.02 Å². The quantitative estimate of drug-likeness (QED) is 0.382. The monoisotopic (exact) mass is 384 g/mol. The Balaban J connectivity index is 1.87. The lowest BCUT2D eigenvalue weighted by atomic mass is 10.0. The minimum atomic E-state index is -4.41. The van der Waals surface area contributed by atoms with Gasteiger partial charge >= 0.3 is 6.18 Å². The molecule has 1 heterocycles. The molecule has 2 aromatic carbocycles. The van der Waals surface area contributed by atoms with Crippen molar-refractivity contribution in [2.24, 2.45) is 0 Å². The number of hydrogen-bond donors (Lipinski definition) is 0. The van der Waals surface area contributed by atoms with Crippen molar-refractivity contribution in [1.29, 1.82) is 5.26 Å². The number of rotatable bonds is 3. The fourth-order valence-corrected chi connectivity index (χ4v) is 2.74. The molecule has 6 heteroatoms. The Morgan fingerprint density at radius 1 is 1.00 bits per heavy atom. The molecular formula is C21H12ClF3N2. The summed E-state index contributed by atoms with van der Waals surface area (Å²) in [6, 6.07) is 18.5. The molecule has 3 aromatic rings. The molecule has 0 fully saturated rings. The highest BCUT2D eigenvalue weighted by atomic mass is 35.5. The molecule has 0 bridgehead atoms. The first kappa shape index (κ1) is 18.7. The van der Waals surface area contributed by atoms with Gasteiger partial charge in [0.1, 0.15) is 0 Å². The van der Waals surface area contributed by atoms with Gasteiger partial charge in [0.15, 0.2) is 0 Å². The molecule has 27 heavy (non-hydrogen) atoms. The van der Waals surface area contributed by atoms with Gasteiger partial charge in [-0.15, -0.1) is 0 Å². The fraction of sp³-hybridized carbons (Fsp3) is 0.0476. The van der Waals surface area contributed by atoms with Crippen LogP contribution in [0.1, 0.15) is 16.7 Å². The Bertz CT molecular complexity index is 1020. The fourth-order valence-electron chi connectivity index (χ4n) is 2.50. The Morgan fingerprint density at radius 2 is 1.70 bits per heavy atom. The van der Waals surface area contributed by atoms with E-state index in [9.17, 15) is 18.4 Å². The second-order valence-electron chi connectivity index (χ2n) is 5.70. The molecule has 0 unspecified atom stereocenters. The molecule has 2 nitrogen and oxygen atoms in total. The third kappa shape index (κ3) is 4.36. The largest absolute Gasteiger partial charge is 0.417 e. The van der Waals surface area contributed by atoms with Gasteiger partial charge in [0.25, 0.3) is 0 Å². The van der Waals surface area contributed by atoms with Crippen LogP contribution in [0.25, 0.3) is 22.9 Å². The molecule has 0 spiro atoms. The predicted octanol–water partition coefficient (Wildman–Crippen LogP) is 6.48. The minimum absolute atomic E-state index is 0.418. The van der Waals surface area contributed by atoms with Crippen LogP contribution in [-0.2, 0) is 6.18 Å². The van der Waals surface area contributed by atoms with Crippen molar-refractivity contribution >= 4 is 23.3 Å². The van der Waals surface area contributed by atoms with Gasteiger partial charge < -0.3 is 0 Å². The maximum absolute atomic E-state index is 12.6. The number of allylic oxidation sites excluding steroid dienone is 1. The summed E-state index contributed by atoms with van der Waals surface area (Å²) >= 11 is 6.13. The summed E-state index contributed by atoms with van der Waals surface area (Å²) in [4.78, 5) is 3.88. The van der Waals surface area contributed by atoms with E-state index < -0.39 is 11.7 Å². The number of nitriles is 1. The van der Waals surface area contributed by atoms with Crippen LogP contribution in [0.4, 0.5) is 13.2 Å². The third-order valence-electron chi connectivity index (χ3n) is 3.89. The van der Waals surface area contributed by atoms with Crippen LogP contribution in [0.15, 0.2) is 66.9 Å². The molecule has 3 rings (SSSR count). The Hall–Kier alpha value is -3.10. The number of nitrogens with zero attached hydrogens (tertiary/aromatic N) is 2. The van der Waals surface area contributed by atoms with E-state index in [0.717, 1.165) is 17.8 Å². The van der Waals surface area contributed by atoms with Crippen molar-refractivity contribution in [3.8, 4) is 17.3 Å². The summed E-state index contributed by atoms with van der Waals surface area (Å²) in [6.07, 6.45) is -1.90. The average Bonchev–Trinajstić information content (AvgIpc) is 2.67. The molecule has 0 N–H and O–H groups in total. The summed E-state index contributed by atoms with van der Waals surface area (Å²) in [7, 11) is 0. The van der Waals surface area contributed by atoms with Crippen LogP contribution in [0, 0.1) is 11.3 Å². The van der Waals surface area contributed by atoms with Crippen molar-refractivity contribution in [2.45, 2.75) is 6.18 Å². The molecule has 0 atom stereocenters. The van der Waals surface area contributed by atoms with Crippen LogP contribution in [0.5, 0.6) is 0 Å². The second-order valence-corrected chi connectivity index (χ2v) is 6.11. The summed E-state index contributed by atoms with van der Waals surface area (Å²) in [6.45, 7) is 0. The van der Waals surface area contributed by atoms with Crippen molar-refractivity contribution in [3.05, 3.63) is 88.6 Å². The first-order valence-corrected chi connectivity index (χ1v) is 8.26. The van der Waals surface area contributed by atoms with Gasteiger partial charge in [0, 0.05) is 22.3 Å². The van der Waals surface area contributed by atoms with Gasteiger partial charge in [-0.05, 0) is 29.8 Å². The molecule has 0 saturated carbocycles. The van der Waals surface area contributed by atoms with Gasteiger partial charge in [0.05, 0.1) is 22.9 Å². The molecule has 0 saturated heterocycles. The first-order valence-electron chi connectivity index (χ1n) is 7.89. The summed E-state index contributed by atoms with van der Waals surface area (Å²) in [5, 5.41) is 9.89. The number of alkyl halides is 3. The van der Waals surface area contributed by atoms with Crippen molar-refractivity contribution in [3.63, 3.8) is 0 Å². The van der Waals surface area contributed by atoms with E-state index in [1.807, 2.05) is 0 Å².